The maximum Gasteiger partial charge on any atom is 0.416 e. The fourth-order valence-electron chi connectivity index (χ4n) is 5.59. The molecule has 0 aromatic heterocycles. The Morgan fingerprint density at radius 2 is 1.73 bits per heavy atom. The summed E-state index contributed by atoms with van der Waals surface area (Å²) in [5, 5.41) is 0.872. The van der Waals surface area contributed by atoms with Crippen LogP contribution in [0, 0.1) is 5.92 Å². The van der Waals surface area contributed by atoms with Gasteiger partial charge in [-0.3, -0.25) is 9.59 Å². The van der Waals surface area contributed by atoms with E-state index in [1.807, 2.05) is 18.7 Å². The lowest BCUT2D eigenvalue weighted by Gasteiger charge is -2.40. The summed E-state index contributed by atoms with van der Waals surface area (Å²) in [6.45, 7) is 5.78. The van der Waals surface area contributed by atoms with Gasteiger partial charge in [0, 0.05) is 60.9 Å². The molecule has 0 radical (unpaired) electrons. The van der Waals surface area contributed by atoms with Gasteiger partial charge in [0.05, 0.1) is 11.6 Å². The van der Waals surface area contributed by atoms with E-state index in [4.69, 9.17) is 34.7 Å². The number of likely N-dealkylation sites (tertiary alicyclic amines) is 1. The number of carbonyl (C=O) groups is 2. The van der Waals surface area contributed by atoms with Gasteiger partial charge in [0.15, 0.2) is 0 Å². The van der Waals surface area contributed by atoms with Crippen LogP contribution in [0.5, 0.6) is 0 Å². The number of nitrogens with zero attached hydrogens (tertiary/aromatic N) is 3. The van der Waals surface area contributed by atoms with E-state index in [1.165, 1.54) is 11.0 Å². The standard InChI is InChI=1S/C29H36Cl2F3N5O2/c1-17(2)13-24(36)21-15-19(29(32,33)34)4-6-25(21)37-9-11-38(12-10-37)28(41)26(39-8-7-23(35)27(39)40)14-18-3-5-20(30)16-22(18)31/h3-6,15-17,23-24,26H,7-14,35-36H2,1-2H3/t23?,24-,26+/m0/s1. The van der Waals surface area contributed by atoms with Gasteiger partial charge in [-0.1, -0.05) is 43.1 Å². The first-order valence-corrected chi connectivity index (χ1v) is 14.5. The van der Waals surface area contributed by atoms with Crippen molar-refractivity contribution < 1.29 is 22.8 Å². The van der Waals surface area contributed by atoms with E-state index in [2.05, 4.69) is 0 Å². The van der Waals surface area contributed by atoms with Crippen LogP contribution in [-0.2, 0) is 22.2 Å². The molecule has 2 aromatic rings. The molecule has 0 aliphatic carbocycles. The van der Waals surface area contributed by atoms with Crippen molar-refractivity contribution in [1.29, 1.82) is 0 Å². The van der Waals surface area contributed by atoms with Gasteiger partial charge in [0.25, 0.3) is 0 Å². The fourth-order valence-corrected chi connectivity index (χ4v) is 6.08. The summed E-state index contributed by atoms with van der Waals surface area (Å²) >= 11 is 12.5. The highest BCUT2D eigenvalue weighted by atomic mass is 35.5. The number of amides is 2. The van der Waals surface area contributed by atoms with E-state index in [-0.39, 0.29) is 24.2 Å². The molecule has 1 unspecified atom stereocenters. The predicted molar refractivity (Wildman–Crippen MR) is 155 cm³/mol. The molecule has 2 aliphatic heterocycles. The third-order valence-electron chi connectivity index (χ3n) is 7.78. The summed E-state index contributed by atoms with van der Waals surface area (Å²) in [5.74, 6) is -0.294. The van der Waals surface area contributed by atoms with Crippen LogP contribution in [0.4, 0.5) is 18.9 Å². The van der Waals surface area contributed by atoms with E-state index >= 15 is 0 Å². The van der Waals surface area contributed by atoms with Crippen molar-refractivity contribution in [3.63, 3.8) is 0 Å². The van der Waals surface area contributed by atoms with Gasteiger partial charge >= 0.3 is 6.18 Å². The third-order valence-corrected chi connectivity index (χ3v) is 8.37. The minimum atomic E-state index is -4.48. The SMILES string of the molecule is CC(C)C[C@H](N)c1cc(C(F)(F)F)ccc1N1CCN(C(=O)[C@@H](Cc2ccc(Cl)cc2Cl)N2CCC(N)C2=O)CC1. The Balaban J connectivity index is 1.54. The number of hydrogen-bond donors (Lipinski definition) is 2. The van der Waals surface area contributed by atoms with Crippen molar-refractivity contribution >= 4 is 40.7 Å². The van der Waals surface area contributed by atoms with Crippen LogP contribution in [0.3, 0.4) is 0 Å². The smallest absolute Gasteiger partial charge is 0.368 e. The Morgan fingerprint density at radius 3 is 2.29 bits per heavy atom. The van der Waals surface area contributed by atoms with E-state index in [0.29, 0.717) is 72.4 Å². The first-order chi connectivity index (χ1) is 19.3. The van der Waals surface area contributed by atoms with Gasteiger partial charge in [0.1, 0.15) is 6.04 Å². The fraction of sp³-hybridized carbons (Fsp3) is 0.517. The van der Waals surface area contributed by atoms with Crippen molar-refractivity contribution in [1.82, 2.24) is 9.80 Å². The summed E-state index contributed by atoms with van der Waals surface area (Å²) in [4.78, 5) is 31.9. The number of alkyl halides is 3. The van der Waals surface area contributed by atoms with Gasteiger partial charge < -0.3 is 26.2 Å². The summed E-state index contributed by atoms with van der Waals surface area (Å²) in [6, 6.07) is 6.72. The van der Waals surface area contributed by atoms with Gasteiger partial charge in [-0.25, -0.2) is 0 Å². The maximum atomic E-state index is 13.9. The molecule has 12 heteroatoms. The van der Waals surface area contributed by atoms with Crippen LogP contribution in [0.15, 0.2) is 36.4 Å². The minimum absolute atomic E-state index is 0.203. The van der Waals surface area contributed by atoms with Crippen LogP contribution < -0.4 is 16.4 Å². The van der Waals surface area contributed by atoms with Crippen LogP contribution in [0.1, 0.15) is 49.4 Å². The molecule has 3 atom stereocenters. The molecule has 4 rings (SSSR count). The molecule has 2 fully saturated rings. The van der Waals surface area contributed by atoms with Crippen LogP contribution in [0.25, 0.3) is 0 Å². The van der Waals surface area contributed by atoms with E-state index in [1.54, 1.807) is 23.1 Å². The number of rotatable bonds is 8. The molecule has 4 N–H and O–H groups in total. The topological polar surface area (TPSA) is 95.9 Å². The Morgan fingerprint density at radius 1 is 1.05 bits per heavy atom. The number of anilines is 1. The van der Waals surface area contributed by atoms with Crippen molar-refractivity contribution in [3.05, 3.63) is 63.1 Å². The Labute approximate surface area is 248 Å². The molecule has 224 valence electrons. The predicted octanol–water partition coefficient (Wildman–Crippen LogP) is 4.88. The average molecular weight is 615 g/mol. The van der Waals surface area contributed by atoms with Crippen LogP contribution in [0.2, 0.25) is 10.0 Å². The summed E-state index contributed by atoms with van der Waals surface area (Å²) in [7, 11) is 0. The summed E-state index contributed by atoms with van der Waals surface area (Å²) < 4.78 is 40.5. The third kappa shape index (κ3) is 7.28. The second kappa shape index (κ2) is 12.8. The largest absolute Gasteiger partial charge is 0.416 e. The first kappa shape index (κ1) is 31.4. The molecule has 2 heterocycles. The number of piperazine rings is 1. The highest BCUT2D eigenvalue weighted by Gasteiger charge is 2.40. The number of halogens is 5. The van der Waals surface area contributed by atoms with Gasteiger partial charge in [-0.15, -0.1) is 0 Å². The summed E-state index contributed by atoms with van der Waals surface area (Å²) in [5.41, 5.74) is 13.4. The molecule has 2 saturated heterocycles. The molecule has 0 saturated carbocycles. The zero-order valence-electron chi connectivity index (χ0n) is 23.1. The van der Waals surface area contributed by atoms with Crippen molar-refractivity contribution in [2.24, 2.45) is 17.4 Å². The van der Waals surface area contributed by atoms with Gasteiger partial charge in [-0.05, 0) is 60.2 Å². The zero-order valence-corrected chi connectivity index (χ0v) is 24.6. The highest BCUT2D eigenvalue weighted by molar-refractivity contribution is 6.35. The van der Waals surface area contributed by atoms with E-state index in [0.717, 1.165) is 12.1 Å². The average Bonchev–Trinajstić information content (AvgIpc) is 3.24. The molecule has 0 bridgehead atoms. The molecule has 2 aliphatic rings. The van der Waals surface area contributed by atoms with Gasteiger partial charge in [0.2, 0.25) is 11.8 Å². The molecule has 41 heavy (non-hydrogen) atoms. The van der Waals surface area contributed by atoms with E-state index < -0.39 is 29.9 Å². The lowest BCUT2D eigenvalue weighted by Crippen LogP contribution is -2.56. The van der Waals surface area contributed by atoms with Gasteiger partial charge in [-0.2, -0.15) is 13.2 Å². The molecule has 2 aromatic carbocycles. The van der Waals surface area contributed by atoms with E-state index in [9.17, 15) is 22.8 Å². The molecule has 7 nitrogen and oxygen atoms in total. The Hall–Kier alpha value is -2.53. The monoisotopic (exact) mass is 613 g/mol. The number of nitrogens with two attached hydrogens (primary N) is 2. The normalized spacial score (nSPS) is 19.7. The second-order valence-corrected chi connectivity index (χ2v) is 12.0. The lowest BCUT2D eigenvalue weighted by atomic mass is 9.94. The highest BCUT2D eigenvalue weighted by Crippen LogP contribution is 2.37. The number of hydrogen-bond acceptors (Lipinski definition) is 5. The van der Waals surface area contributed by atoms with Crippen molar-refractivity contribution in [2.45, 2.75) is 57.4 Å². The molecule has 2 amide bonds. The van der Waals surface area contributed by atoms with Crippen molar-refractivity contribution in [3.8, 4) is 0 Å². The Bertz CT molecular complexity index is 1270. The first-order valence-electron chi connectivity index (χ1n) is 13.8. The molecular weight excluding hydrogens is 578 g/mol. The van der Waals surface area contributed by atoms with Crippen LogP contribution in [-0.4, -0.2) is 66.4 Å². The molecule has 0 spiro atoms. The minimum Gasteiger partial charge on any atom is -0.368 e. The Kier molecular flexibility index (Phi) is 9.78. The lowest BCUT2D eigenvalue weighted by molar-refractivity contribution is -0.144. The quantitative estimate of drug-likeness (QED) is 0.442. The molecular formula is C29H36Cl2F3N5O2. The second-order valence-electron chi connectivity index (χ2n) is 11.2. The zero-order chi connectivity index (χ0) is 30.1. The maximum absolute atomic E-state index is 13.9. The number of benzene rings is 2. The summed E-state index contributed by atoms with van der Waals surface area (Å²) in [6.07, 6.45) is -3.28. The van der Waals surface area contributed by atoms with Crippen LogP contribution >= 0.6 is 23.2 Å². The van der Waals surface area contributed by atoms with Crippen molar-refractivity contribution in [2.75, 3.05) is 37.6 Å². The number of carbonyl (C=O) groups excluding carboxylic acids is 2.